The third-order valence-corrected chi connectivity index (χ3v) is 3.03. The topological polar surface area (TPSA) is 3.24 Å². The zero-order valence-corrected chi connectivity index (χ0v) is 10.5. The van der Waals surface area contributed by atoms with E-state index in [1.165, 1.54) is 25.9 Å². The van der Waals surface area contributed by atoms with Crippen molar-refractivity contribution < 1.29 is 0 Å². The Labute approximate surface area is 106 Å². The van der Waals surface area contributed by atoms with E-state index < -0.39 is 0 Å². The zero-order valence-electron chi connectivity index (χ0n) is 8.97. The van der Waals surface area contributed by atoms with Crippen molar-refractivity contribution in [2.24, 2.45) is 0 Å². The first-order valence-electron chi connectivity index (χ1n) is 5.41. The Morgan fingerprint density at radius 1 is 1.06 bits per heavy atom. The summed E-state index contributed by atoms with van der Waals surface area (Å²) in [5.41, 5.74) is 0.886. The van der Waals surface area contributed by atoms with Gasteiger partial charge in [-0.25, -0.2) is 0 Å². The highest BCUT2D eigenvalue weighted by atomic mass is 35.5. The molecule has 1 aromatic rings. The molecule has 84 valence electrons. The van der Waals surface area contributed by atoms with Crippen molar-refractivity contribution in [3.05, 3.63) is 33.8 Å². The third-order valence-electron chi connectivity index (χ3n) is 2.60. The van der Waals surface area contributed by atoms with Gasteiger partial charge in [-0.15, -0.1) is 0 Å². The summed E-state index contributed by atoms with van der Waals surface area (Å²) in [5.74, 6) is 6.25. The van der Waals surface area contributed by atoms with Gasteiger partial charge in [0.15, 0.2) is 0 Å². The Balaban J connectivity index is 1.99. The molecule has 1 fully saturated rings. The first-order chi connectivity index (χ1) is 7.74. The van der Waals surface area contributed by atoms with Crippen molar-refractivity contribution in [2.75, 3.05) is 19.6 Å². The molecule has 2 rings (SSSR count). The smallest absolute Gasteiger partial charge is 0.0605 e. The standard InChI is InChI=1S/C13H13Cl2N/c14-12-8-11(9-13(15)10-12)4-3-7-16-5-1-2-6-16/h8-10H,1-2,5-7H2. The molecule has 0 saturated carbocycles. The van der Waals surface area contributed by atoms with Gasteiger partial charge in [0.2, 0.25) is 0 Å². The second-order valence-electron chi connectivity index (χ2n) is 3.94. The number of likely N-dealkylation sites (tertiary alicyclic amines) is 1. The SMILES string of the molecule is Clc1cc(Cl)cc(C#CCN2CCCC2)c1. The van der Waals surface area contributed by atoms with Gasteiger partial charge in [0.25, 0.3) is 0 Å². The van der Waals surface area contributed by atoms with Gasteiger partial charge in [-0.05, 0) is 44.1 Å². The molecule has 16 heavy (non-hydrogen) atoms. The van der Waals surface area contributed by atoms with Crippen LogP contribution in [-0.4, -0.2) is 24.5 Å². The molecule has 0 unspecified atom stereocenters. The van der Waals surface area contributed by atoms with Crippen LogP contribution in [-0.2, 0) is 0 Å². The van der Waals surface area contributed by atoms with E-state index in [0.717, 1.165) is 12.1 Å². The summed E-state index contributed by atoms with van der Waals surface area (Å²) in [4.78, 5) is 2.36. The monoisotopic (exact) mass is 253 g/mol. The molecule has 3 heteroatoms. The van der Waals surface area contributed by atoms with Crippen molar-refractivity contribution in [1.82, 2.24) is 4.90 Å². The maximum atomic E-state index is 5.89. The lowest BCUT2D eigenvalue weighted by Gasteiger charge is -2.08. The Kier molecular flexibility index (Phi) is 4.12. The summed E-state index contributed by atoms with van der Waals surface area (Å²) in [7, 11) is 0. The van der Waals surface area contributed by atoms with Crippen molar-refractivity contribution in [3.8, 4) is 11.8 Å². The molecule has 0 radical (unpaired) electrons. The lowest BCUT2D eigenvalue weighted by atomic mass is 10.2. The molecule has 1 heterocycles. The molecular formula is C13H13Cl2N. The summed E-state index contributed by atoms with van der Waals surface area (Å²) in [6.07, 6.45) is 2.59. The Morgan fingerprint density at radius 3 is 2.31 bits per heavy atom. The van der Waals surface area contributed by atoms with Crippen molar-refractivity contribution >= 4 is 23.2 Å². The Hall–Kier alpha value is -0.680. The summed E-state index contributed by atoms with van der Waals surface area (Å²) >= 11 is 11.8. The predicted molar refractivity (Wildman–Crippen MR) is 69.0 cm³/mol. The molecule has 0 atom stereocenters. The maximum Gasteiger partial charge on any atom is 0.0605 e. The molecule has 0 bridgehead atoms. The summed E-state index contributed by atoms with van der Waals surface area (Å²) in [5, 5.41) is 1.27. The van der Waals surface area contributed by atoms with Crippen LogP contribution in [0.5, 0.6) is 0 Å². The molecule has 1 aromatic carbocycles. The van der Waals surface area contributed by atoms with Crippen LogP contribution in [0.2, 0.25) is 10.0 Å². The van der Waals surface area contributed by atoms with E-state index in [9.17, 15) is 0 Å². The molecule has 0 amide bonds. The number of rotatable bonds is 1. The van der Waals surface area contributed by atoms with Crippen molar-refractivity contribution in [1.29, 1.82) is 0 Å². The van der Waals surface area contributed by atoms with Gasteiger partial charge >= 0.3 is 0 Å². The Morgan fingerprint density at radius 2 is 1.69 bits per heavy atom. The first kappa shape index (κ1) is 11.8. The van der Waals surface area contributed by atoms with Crippen LogP contribution in [0.4, 0.5) is 0 Å². The second-order valence-corrected chi connectivity index (χ2v) is 4.82. The molecule has 1 nitrogen and oxygen atoms in total. The second kappa shape index (κ2) is 5.59. The first-order valence-corrected chi connectivity index (χ1v) is 6.17. The van der Waals surface area contributed by atoms with Gasteiger partial charge in [0, 0.05) is 15.6 Å². The number of halogens is 2. The predicted octanol–water partition coefficient (Wildman–Crippen LogP) is 3.44. The highest BCUT2D eigenvalue weighted by molar-refractivity contribution is 6.34. The van der Waals surface area contributed by atoms with Gasteiger partial charge in [-0.2, -0.15) is 0 Å². The average molecular weight is 254 g/mol. The van der Waals surface area contributed by atoms with Crippen LogP contribution in [0.1, 0.15) is 18.4 Å². The van der Waals surface area contributed by atoms with Crippen LogP contribution in [0.3, 0.4) is 0 Å². The average Bonchev–Trinajstić information content (AvgIpc) is 2.69. The molecule has 1 saturated heterocycles. The van der Waals surface area contributed by atoms with E-state index in [4.69, 9.17) is 23.2 Å². The van der Waals surface area contributed by atoms with Gasteiger partial charge in [-0.3, -0.25) is 4.90 Å². The van der Waals surface area contributed by atoms with Gasteiger partial charge in [-0.1, -0.05) is 35.0 Å². The molecule has 1 aliphatic rings. The highest BCUT2D eigenvalue weighted by Crippen LogP contribution is 2.18. The molecule has 0 aromatic heterocycles. The van der Waals surface area contributed by atoms with Gasteiger partial charge in [0.05, 0.1) is 6.54 Å². The van der Waals surface area contributed by atoms with Crippen molar-refractivity contribution in [2.45, 2.75) is 12.8 Å². The van der Waals surface area contributed by atoms with E-state index >= 15 is 0 Å². The van der Waals surface area contributed by atoms with E-state index in [1.807, 2.05) is 12.1 Å². The van der Waals surface area contributed by atoms with Crippen LogP contribution in [0, 0.1) is 11.8 Å². The normalized spacial score (nSPS) is 15.9. The largest absolute Gasteiger partial charge is 0.292 e. The van der Waals surface area contributed by atoms with Crippen LogP contribution in [0.25, 0.3) is 0 Å². The van der Waals surface area contributed by atoms with E-state index in [-0.39, 0.29) is 0 Å². The minimum atomic E-state index is 0.637. The summed E-state index contributed by atoms with van der Waals surface area (Å²) in [6, 6.07) is 5.39. The number of hydrogen-bond donors (Lipinski definition) is 0. The lowest BCUT2D eigenvalue weighted by Crippen LogP contribution is -2.18. The van der Waals surface area contributed by atoms with E-state index in [2.05, 4.69) is 16.7 Å². The molecule has 1 aliphatic heterocycles. The third kappa shape index (κ3) is 3.42. The van der Waals surface area contributed by atoms with Crippen LogP contribution in [0.15, 0.2) is 18.2 Å². The number of benzene rings is 1. The quantitative estimate of drug-likeness (QED) is 0.694. The minimum absolute atomic E-state index is 0.637. The van der Waals surface area contributed by atoms with Crippen molar-refractivity contribution in [3.63, 3.8) is 0 Å². The van der Waals surface area contributed by atoms with Crippen LogP contribution < -0.4 is 0 Å². The minimum Gasteiger partial charge on any atom is -0.292 e. The maximum absolute atomic E-state index is 5.89. The fourth-order valence-electron chi connectivity index (χ4n) is 1.82. The van der Waals surface area contributed by atoms with Crippen LogP contribution >= 0.6 is 23.2 Å². The molecule has 0 aliphatic carbocycles. The zero-order chi connectivity index (χ0) is 11.4. The highest BCUT2D eigenvalue weighted by Gasteiger charge is 2.08. The summed E-state index contributed by atoms with van der Waals surface area (Å²) in [6.45, 7) is 3.18. The summed E-state index contributed by atoms with van der Waals surface area (Å²) < 4.78 is 0. The fraction of sp³-hybridized carbons (Fsp3) is 0.385. The van der Waals surface area contributed by atoms with E-state index in [1.54, 1.807) is 6.07 Å². The molecule has 0 spiro atoms. The number of nitrogens with zero attached hydrogens (tertiary/aromatic N) is 1. The fourth-order valence-corrected chi connectivity index (χ4v) is 2.35. The van der Waals surface area contributed by atoms with Gasteiger partial charge < -0.3 is 0 Å². The molecular weight excluding hydrogens is 241 g/mol. The van der Waals surface area contributed by atoms with E-state index in [0.29, 0.717) is 10.0 Å². The molecule has 0 N–H and O–H groups in total. The van der Waals surface area contributed by atoms with Gasteiger partial charge in [0.1, 0.15) is 0 Å². The number of hydrogen-bond acceptors (Lipinski definition) is 1. The lowest BCUT2D eigenvalue weighted by molar-refractivity contribution is 0.383. The Bertz CT molecular complexity index is 405.